The van der Waals surface area contributed by atoms with Crippen molar-refractivity contribution < 1.29 is 53.8 Å². The number of nitro benzene ring substituents is 1. The molecule has 65 heavy (non-hydrogen) atoms. The summed E-state index contributed by atoms with van der Waals surface area (Å²) in [6, 6.07) is 8.72. The number of carboxylic acids is 1. The van der Waals surface area contributed by atoms with Crippen molar-refractivity contribution in [3.8, 4) is 11.5 Å². The van der Waals surface area contributed by atoms with Gasteiger partial charge in [0.2, 0.25) is 35.4 Å². The van der Waals surface area contributed by atoms with Crippen molar-refractivity contribution in [2.75, 3.05) is 12.3 Å². The maximum absolute atomic E-state index is 14.3. The summed E-state index contributed by atoms with van der Waals surface area (Å²) in [5.74, 6) is -6.59. The van der Waals surface area contributed by atoms with Crippen LogP contribution in [-0.4, -0.2) is 110 Å². The highest BCUT2D eigenvalue weighted by molar-refractivity contribution is 7.80. The monoisotopic (exact) mass is 922 g/mol. The topological polar surface area (TPSA) is 322 Å². The minimum atomic E-state index is -1.54. The Labute approximate surface area is 381 Å². The van der Waals surface area contributed by atoms with Crippen molar-refractivity contribution in [1.29, 1.82) is 0 Å². The Kier molecular flexibility index (Phi) is 21.2. The molecule has 11 N–H and O–H groups in total. The number of thiol groups is 1. The molecule has 3 rings (SSSR count). The van der Waals surface area contributed by atoms with Crippen molar-refractivity contribution in [3.63, 3.8) is 0 Å². The van der Waals surface area contributed by atoms with Crippen LogP contribution in [0.3, 0.4) is 0 Å². The lowest BCUT2D eigenvalue weighted by atomic mass is 9.96. The Morgan fingerprint density at radius 3 is 1.48 bits per heavy atom. The predicted octanol–water partition coefficient (Wildman–Crippen LogP) is 1.15. The fourth-order valence-corrected chi connectivity index (χ4v) is 6.84. The fourth-order valence-electron chi connectivity index (χ4n) is 6.58. The number of aliphatic carboxylic acids is 1. The van der Waals surface area contributed by atoms with Gasteiger partial charge in [-0.25, -0.2) is 4.79 Å². The summed E-state index contributed by atoms with van der Waals surface area (Å²) in [6.07, 6.45) is 0.609. The van der Waals surface area contributed by atoms with Gasteiger partial charge in [-0.05, 0) is 72.7 Å². The largest absolute Gasteiger partial charge is 0.508 e. The molecule has 0 fully saturated rings. The van der Waals surface area contributed by atoms with Crippen LogP contribution < -0.4 is 37.6 Å². The van der Waals surface area contributed by atoms with Crippen LogP contribution in [0.4, 0.5) is 5.69 Å². The van der Waals surface area contributed by atoms with Gasteiger partial charge >= 0.3 is 5.97 Å². The van der Waals surface area contributed by atoms with E-state index in [9.17, 15) is 59.0 Å². The lowest BCUT2D eigenvalue weighted by molar-refractivity contribution is -0.384. The molecule has 21 heteroatoms. The number of nitro groups is 1. The molecule has 0 bridgehead atoms. The van der Waals surface area contributed by atoms with Crippen LogP contribution in [0.1, 0.15) is 63.1 Å². The molecule has 3 aromatic carbocycles. The molecule has 0 aromatic heterocycles. The Balaban J connectivity index is 1.96. The van der Waals surface area contributed by atoms with Crippen molar-refractivity contribution in [2.24, 2.45) is 11.7 Å². The van der Waals surface area contributed by atoms with E-state index < -0.39 is 88.5 Å². The van der Waals surface area contributed by atoms with E-state index in [2.05, 4.69) is 44.5 Å². The standard InChI is InChI=1S/C44H58N8O12S/c1-4-25(2)38(51-42(59)37(24-65)46-26(3)53)43(60)49-35(22-29-12-18-32(55)19-13-29)40(57)47-33(7-5-6-20-45)39(56)48-34(21-28-10-16-31(54)17-11-28)41(58)50-36(44(61)62)23-27-8-14-30(15-9-27)52(63)64/h8-19,25,33-38,54-55,65H,4-7,20-24,45H2,1-3H3,(H,46,53)(H,47,57)(H,48,56)(H,49,60)(H,50,58)(H,51,59)(H,61,62)/t25?,33-,34-,35-,36-,37-,38-/m0/s1. The Morgan fingerprint density at radius 1 is 0.631 bits per heavy atom. The number of rotatable bonds is 26. The molecule has 0 aliphatic heterocycles. The van der Waals surface area contributed by atoms with Crippen LogP contribution in [0.2, 0.25) is 0 Å². The third kappa shape index (κ3) is 17.4. The van der Waals surface area contributed by atoms with E-state index in [1.807, 2.05) is 0 Å². The van der Waals surface area contributed by atoms with E-state index in [4.69, 9.17) is 5.73 Å². The average molecular weight is 923 g/mol. The Bertz CT molecular complexity index is 2110. The maximum Gasteiger partial charge on any atom is 0.326 e. The molecule has 7 atom stereocenters. The number of phenolic OH excluding ortho intramolecular Hbond substituents is 2. The van der Waals surface area contributed by atoms with Gasteiger partial charge in [-0.2, -0.15) is 12.6 Å². The number of nitrogens with zero attached hydrogens (tertiary/aromatic N) is 1. The number of aromatic hydroxyl groups is 2. The van der Waals surface area contributed by atoms with Crippen LogP contribution in [0, 0.1) is 16.0 Å². The minimum absolute atomic E-state index is 0.0138. The Hall–Kier alpha value is -6.74. The number of phenols is 2. The summed E-state index contributed by atoms with van der Waals surface area (Å²) in [5, 5.41) is 56.6. The van der Waals surface area contributed by atoms with Crippen LogP contribution in [0.5, 0.6) is 11.5 Å². The zero-order valence-corrected chi connectivity index (χ0v) is 37.2. The van der Waals surface area contributed by atoms with Gasteiger partial charge in [0.05, 0.1) is 4.92 Å². The van der Waals surface area contributed by atoms with Gasteiger partial charge in [-0.3, -0.25) is 38.9 Å². The van der Waals surface area contributed by atoms with Crippen molar-refractivity contribution in [2.45, 2.75) is 102 Å². The maximum atomic E-state index is 14.3. The van der Waals surface area contributed by atoms with E-state index in [0.717, 1.165) is 0 Å². The van der Waals surface area contributed by atoms with Crippen LogP contribution >= 0.6 is 12.6 Å². The summed E-state index contributed by atoms with van der Waals surface area (Å²) in [6.45, 7) is 4.98. The molecular formula is C44H58N8O12S. The lowest BCUT2D eigenvalue weighted by Crippen LogP contribution is -2.61. The van der Waals surface area contributed by atoms with Crippen LogP contribution in [0.15, 0.2) is 72.8 Å². The van der Waals surface area contributed by atoms with Gasteiger partial charge in [0.25, 0.3) is 5.69 Å². The number of nitrogens with one attached hydrogen (secondary N) is 6. The molecule has 0 spiro atoms. The number of amides is 6. The summed E-state index contributed by atoms with van der Waals surface area (Å²) in [7, 11) is 0. The number of non-ortho nitro benzene ring substituents is 1. The highest BCUT2D eigenvalue weighted by Gasteiger charge is 2.35. The first-order chi connectivity index (χ1) is 30.8. The number of benzene rings is 3. The van der Waals surface area contributed by atoms with Crippen molar-refractivity contribution in [3.05, 3.63) is 99.6 Å². The summed E-state index contributed by atoms with van der Waals surface area (Å²) >= 11 is 4.15. The molecule has 0 radical (unpaired) electrons. The molecular weight excluding hydrogens is 865 g/mol. The number of carboxylic acid groups (broad SMARTS) is 1. The number of nitrogens with two attached hydrogens (primary N) is 1. The van der Waals surface area contributed by atoms with Crippen LogP contribution in [-0.2, 0) is 52.8 Å². The normalized spacial score (nSPS) is 14.2. The highest BCUT2D eigenvalue weighted by atomic mass is 32.1. The molecule has 0 aliphatic rings. The summed E-state index contributed by atoms with van der Waals surface area (Å²) < 4.78 is 0. The van der Waals surface area contributed by atoms with Gasteiger partial charge in [0, 0.05) is 44.1 Å². The highest BCUT2D eigenvalue weighted by Crippen LogP contribution is 2.17. The van der Waals surface area contributed by atoms with Gasteiger partial charge in [0.1, 0.15) is 47.8 Å². The molecule has 0 aliphatic carbocycles. The van der Waals surface area contributed by atoms with Gasteiger partial charge in [0.15, 0.2) is 0 Å². The molecule has 0 saturated heterocycles. The molecule has 0 saturated carbocycles. The van der Waals surface area contributed by atoms with Crippen LogP contribution in [0.25, 0.3) is 0 Å². The van der Waals surface area contributed by atoms with Gasteiger partial charge in [-0.15, -0.1) is 0 Å². The molecule has 6 amide bonds. The van der Waals surface area contributed by atoms with E-state index in [0.29, 0.717) is 36.0 Å². The third-order valence-corrected chi connectivity index (χ3v) is 10.8. The van der Waals surface area contributed by atoms with E-state index in [1.165, 1.54) is 79.7 Å². The van der Waals surface area contributed by atoms with Gasteiger partial charge < -0.3 is 53.0 Å². The lowest BCUT2D eigenvalue weighted by Gasteiger charge is -2.29. The summed E-state index contributed by atoms with van der Waals surface area (Å²) in [4.78, 5) is 104. The molecule has 0 heterocycles. The second-order valence-electron chi connectivity index (χ2n) is 15.5. The van der Waals surface area contributed by atoms with E-state index in [-0.39, 0.29) is 55.2 Å². The average Bonchev–Trinajstić information content (AvgIpc) is 3.27. The first-order valence-electron chi connectivity index (χ1n) is 21.0. The minimum Gasteiger partial charge on any atom is -0.508 e. The molecule has 1 unspecified atom stereocenters. The first kappa shape index (κ1) is 52.6. The second-order valence-corrected chi connectivity index (χ2v) is 15.9. The van der Waals surface area contributed by atoms with E-state index >= 15 is 0 Å². The molecule has 3 aromatic rings. The summed E-state index contributed by atoms with van der Waals surface area (Å²) in [5.41, 5.74) is 6.86. The zero-order chi connectivity index (χ0) is 48.2. The number of unbranched alkanes of at least 4 members (excludes halogenated alkanes) is 1. The molecule has 20 nitrogen and oxygen atoms in total. The zero-order valence-electron chi connectivity index (χ0n) is 36.3. The van der Waals surface area contributed by atoms with Gasteiger partial charge in [-0.1, -0.05) is 56.7 Å². The number of hydrogen-bond donors (Lipinski definition) is 11. The Morgan fingerprint density at radius 2 is 1.05 bits per heavy atom. The first-order valence-corrected chi connectivity index (χ1v) is 21.6. The SMILES string of the molecule is CCC(C)[C@H](NC(=O)[C@H](CS)NC(C)=O)C(=O)N[C@@H](Cc1ccc(O)cc1)C(=O)N[C@@H](CCCCN)C(=O)N[C@@H](Cc1ccc(O)cc1)C(=O)N[C@@H](Cc1ccc([N+](=O)[O-])cc1)C(=O)O. The number of carbonyl (C=O) groups is 7. The predicted molar refractivity (Wildman–Crippen MR) is 242 cm³/mol. The molecule has 352 valence electrons. The number of carbonyl (C=O) groups excluding carboxylic acids is 6. The smallest absolute Gasteiger partial charge is 0.326 e. The fraction of sp³-hybridized carbons (Fsp3) is 0.432. The van der Waals surface area contributed by atoms with E-state index in [1.54, 1.807) is 13.8 Å². The second kappa shape index (κ2) is 26.1. The quantitative estimate of drug-likeness (QED) is 0.0233. The van der Waals surface area contributed by atoms with Crippen molar-refractivity contribution in [1.82, 2.24) is 31.9 Å². The number of hydrogen-bond acceptors (Lipinski definition) is 13. The van der Waals surface area contributed by atoms with Crippen molar-refractivity contribution >= 4 is 59.7 Å². The third-order valence-electron chi connectivity index (χ3n) is 10.5.